The van der Waals surface area contributed by atoms with Crippen molar-refractivity contribution in [3.8, 4) is 17.0 Å². The maximum Gasteiger partial charge on any atom is 0.248 e. The molecule has 0 saturated carbocycles. The van der Waals surface area contributed by atoms with E-state index in [4.69, 9.17) is 20.2 Å². The highest BCUT2D eigenvalue weighted by Crippen LogP contribution is 2.35. The van der Waals surface area contributed by atoms with Crippen LogP contribution >= 0.6 is 15.9 Å². The summed E-state index contributed by atoms with van der Waals surface area (Å²) in [5.74, 6) is 0.860. The number of aromatic nitrogens is 3. The lowest BCUT2D eigenvalue weighted by atomic mass is 10.0. The number of carbonyl (C=O) groups is 1. The smallest absolute Gasteiger partial charge is 0.248 e. The van der Waals surface area contributed by atoms with E-state index in [9.17, 15) is 4.79 Å². The first-order valence-corrected chi connectivity index (χ1v) is 11.6. The van der Waals surface area contributed by atoms with E-state index in [1.807, 2.05) is 12.1 Å². The van der Waals surface area contributed by atoms with Crippen molar-refractivity contribution in [1.82, 2.24) is 19.5 Å². The SMILES string of the molecule is COCC(=O)N1CCC(Oc2nc3c(-c4ccc5ccccc5c4)cnn3c(N)c2Br)CC1. The molecular weight excluding hydrogens is 486 g/mol. The topological polar surface area (TPSA) is 95.0 Å². The monoisotopic (exact) mass is 509 g/mol. The molecule has 0 atom stereocenters. The summed E-state index contributed by atoms with van der Waals surface area (Å²) in [5, 5.41) is 6.78. The van der Waals surface area contributed by atoms with E-state index in [2.05, 4.69) is 51.4 Å². The van der Waals surface area contributed by atoms with E-state index in [1.54, 1.807) is 15.6 Å². The van der Waals surface area contributed by atoms with Crippen molar-refractivity contribution in [1.29, 1.82) is 0 Å². The zero-order valence-electron chi connectivity index (χ0n) is 18.2. The molecule has 0 aliphatic carbocycles. The zero-order valence-corrected chi connectivity index (χ0v) is 19.8. The molecule has 33 heavy (non-hydrogen) atoms. The van der Waals surface area contributed by atoms with Crippen molar-refractivity contribution >= 4 is 44.1 Å². The van der Waals surface area contributed by atoms with Crippen LogP contribution in [0.3, 0.4) is 0 Å². The van der Waals surface area contributed by atoms with E-state index in [1.165, 1.54) is 12.5 Å². The first-order valence-electron chi connectivity index (χ1n) is 10.8. The van der Waals surface area contributed by atoms with Gasteiger partial charge in [-0.3, -0.25) is 4.79 Å². The first-order chi connectivity index (χ1) is 16.0. The van der Waals surface area contributed by atoms with Crippen molar-refractivity contribution in [3.05, 3.63) is 53.1 Å². The maximum absolute atomic E-state index is 12.0. The lowest BCUT2D eigenvalue weighted by molar-refractivity contribution is -0.136. The number of benzene rings is 2. The molecule has 0 radical (unpaired) electrons. The fourth-order valence-corrected chi connectivity index (χ4v) is 4.56. The van der Waals surface area contributed by atoms with E-state index < -0.39 is 0 Å². The van der Waals surface area contributed by atoms with E-state index in [0.29, 0.717) is 47.7 Å². The van der Waals surface area contributed by atoms with E-state index in [0.717, 1.165) is 16.5 Å². The molecule has 2 aromatic heterocycles. The van der Waals surface area contributed by atoms with Crippen LogP contribution in [0.5, 0.6) is 5.88 Å². The van der Waals surface area contributed by atoms with Gasteiger partial charge in [0.05, 0.1) is 6.20 Å². The number of hydrogen-bond donors (Lipinski definition) is 1. The Balaban J connectivity index is 1.43. The highest BCUT2D eigenvalue weighted by molar-refractivity contribution is 9.10. The number of hydrogen-bond acceptors (Lipinski definition) is 6. The zero-order chi connectivity index (χ0) is 22.9. The lowest BCUT2D eigenvalue weighted by Gasteiger charge is -2.32. The molecule has 1 fully saturated rings. The number of rotatable bonds is 5. The van der Waals surface area contributed by atoms with Gasteiger partial charge in [0.1, 0.15) is 23.0 Å². The Hall–Kier alpha value is -3.17. The Bertz CT molecular complexity index is 1330. The molecule has 2 aromatic carbocycles. The molecule has 4 aromatic rings. The highest BCUT2D eigenvalue weighted by Gasteiger charge is 2.26. The number of fused-ring (bicyclic) bond motifs is 2. The fourth-order valence-electron chi connectivity index (χ4n) is 4.21. The summed E-state index contributed by atoms with van der Waals surface area (Å²) in [6, 6.07) is 14.5. The quantitative estimate of drug-likeness (QED) is 0.438. The van der Waals surface area contributed by atoms with Crippen molar-refractivity contribution in [3.63, 3.8) is 0 Å². The van der Waals surface area contributed by atoms with Crippen LogP contribution in [0.1, 0.15) is 12.8 Å². The van der Waals surface area contributed by atoms with Gasteiger partial charge in [-0.25, -0.2) is 0 Å². The summed E-state index contributed by atoms with van der Waals surface area (Å²) in [7, 11) is 1.53. The first kappa shape index (κ1) is 21.7. The second kappa shape index (κ2) is 8.99. The van der Waals surface area contributed by atoms with Gasteiger partial charge in [-0.2, -0.15) is 14.6 Å². The normalized spacial score (nSPS) is 14.8. The molecule has 1 aliphatic heterocycles. The second-order valence-electron chi connectivity index (χ2n) is 8.10. The molecule has 1 saturated heterocycles. The number of halogens is 1. The number of carbonyl (C=O) groups excluding carboxylic acids is 1. The van der Waals surface area contributed by atoms with E-state index >= 15 is 0 Å². The van der Waals surface area contributed by atoms with Gasteiger partial charge in [-0.15, -0.1) is 0 Å². The standard InChI is InChI=1S/C24H24BrN5O3/c1-32-14-20(31)29-10-8-18(9-11-29)33-24-21(25)22(26)30-23(28-24)19(13-27-30)17-7-6-15-4-2-3-5-16(15)12-17/h2-7,12-13,18H,8-11,14,26H2,1H3. The largest absolute Gasteiger partial charge is 0.473 e. The fraction of sp³-hybridized carbons (Fsp3) is 0.292. The number of amides is 1. The van der Waals surface area contributed by atoms with Crippen LogP contribution < -0.4 is 10.5 Å². The number of nitrogens with zero attached hydrogens (tertiary/aromatic N) is 4. The average molecular weight is 510 g/mol. The third kappa shape index (κ3) is 4.14. The Morgan fingerprint density at radius 3 is 2.70 bits per heavy atom. The lowest BCUT2D eigenvalue weighted by Crippen LogP contribution is -2.43. The van der Waals surface area contributed by atoms with Crippen molar-refractivity contribution < 1.29 is 14.3 Å². The molecule has 3 heterocycles. The second-order valence-corrected chi connectivity index (χ2v) is 8.90. The molecule has 1 aliphatic rings. The van der Waals surface area contributed by atoms with Crippen LogP contribution in [-0.4, -0.2) is 58.3 Å². The number of nitrogen functional groups attached to an aromatic ring is 1. The van der Waals surface area contributed by atoms with Crippen LogP contribution in [-0.2, 0) is 9.53 Å². The summed E-state index contributed by atoms with van der Waals surface area (Å²) in [6.45, 7) is 1.35. The molecular formula is C24H24BrN5O3. The number of likely N-dealkylation sites (tertiary alicyclic amines) is 1. The van der Waals surface area contributed by atoms with Gasteiger partial charge in [0.25, 0.3) is 0 Å². The minimum Gasteiger partial charge on any atom is -0.473 e. The number of methoxy groups -OCH3 is 1. The van der Waals surface area contributed by atoms with Gasteiger partial charge in [-0.1, -0.05) is 36.4 Å². The van der Waals surface area contributed by atoms with Crippen LogP contribution in [0.4, 0.5) is 5.82 Å². The van der Waals surface area contributed by atoms with E-state index in [-0.39, 0.29) is 18.6 Å². The molecule has 0 spiro atoms. The Labute approximate surface area is 199 Å². The predicted octanol–water partition coefficient (Wildman–Crippen LogP) is 3.91. The third-order valence-corrected chi connectivity index (χ3v) is 6.74. The molecule has 0 bridgehead atoms. The molecule has 0 unspecified atom stereocenters. The maximum atomic E-state index is 12.0. The van der Waals surface area contributed by atoms with Gasteiger partial charge in [0.2, 0.25) is 11.8 Å². The van der Waals surface area contributed by atoms with Crippen LogP contribution in [0.2, 0.25) is 0 Å². The Morgan fingerprint density at radius 2 is 1.94 bits per heavy atom. The van der Waals surface area contributed by atoms with Crippen LogP contribution in [0.25, 0.3) is 27.5 Å². The van der Waals surface area contributed by atoms with Gasteiger partial charge in [0, 0.05) is 38.6 Å². The summed E-state index contributed by atoms with van der Waals surface area (Å²) in [4.78, 5) is 18.6. The molecule has 8 nitrogen and oxygen atoms in total. The van der Waals surface area contributed by atoms with Crippen LogP contribution in [0.15, 0.2) is 53.1 Å². The Morgan fingerprint density at radius 1 is 1.18 bits per heavy atom. The highest BCUT2D eigenvalue weighted by atomic mass is 79.9. The predicted molar refractivity (Wildman–Crippen MR) is 130 cm³/mol. The van der Waals surface area contributed by atoms with Gasteiger partial charge in [-0.05, 0) is 38.3 Å². The third-order valence-electron chi connectivity index (χ3n) is 5.99. The molecule has 1 amide bonds. The number of nitrogens with two attached hydrogens (primary N) is 1. The Kier molecular flexibility index (Phi) is 5.90. The minimum absolute atomic E-state index is 0.000191. The van der Waals surface area contributed by atoms with Crippen molar-refractivity contribution in [2.45, 2.75) is 18.9 Å². The molecule has 5 rings (SSSR count). The molecule has 170 valence electrons. The van der Waals surface area contributed by atoms with Gasteiger partial charge >= 0.3 is 0 Å². The number of piperidine rings is 1. The van der Waals surface area contributed by atoms with Crippen LogP contribution in [0, 0.1) is 0 Å². The number of ether oxygens (including phenoxy) is 2. The van der Waals surface area contributed by atoms with Crippen molar-refractivity contribution in [2.24, 2.45) is 0 Å². The summed E-state index contributed by atoms with van der Waals surface area (Å²) in [6.07, 6.45) is 3.14. The van der Waals surface area contributed by atoms with Crippen molar-refractivity contribution in [2.75, 3.05) is 32.5 Å². The molecule has 9 heteroatoms. The van der Waals surface area contributed by atoms with Gasteiger partial charge in [0.15, 0.2) is 5.65 Å². The summed E-state index contributed by atoms with van der Waals surface area (Å²) in [5.41, 5.74) is 8.89. The van der Waals surface area contributed by atoms with Gasteiger partial charge < -0.3 is 20.1 Å². The summed E-state index contributed by atoms with van der Waals surface area (Å²) < 4.78 is 13.4. The summed E-state index contributed by atoms with van der Waals surface area (Å²) >= 11 is 3.53. The molecule has 2 N–H and O–H groups in total. The average Bonchev–Trinajstić information content (AvgIpc) is 3.26. The minimum atomic E-state index is -0.0608. The number of anilines is 1.